The molecule has 1 fully saturated rings. The maximum atomic E-state index is 9.25. The molecule has 0 unspecified atom stereocenters. The van der Waals surface area contributed by atoms with Gasteiger partial charge in [-0.3, -0.25) is 0 Å². The molecule has 0 amide bonds. The van der Waals surface area contributed by atoms with Crippen molar-refractivity contribution in [2.75, 3.05) is 18.5 Å². The van der Waals surface area contributed by atoms with Crippen molar-refractivity contribution in [3.05, 3.63) is 36.4 Å². The summed E-state index contributed by atoms with van der Waals surface area (Å²) < 4.78 is 0. The highest BCUT2D eigenvalue weighted by Gasteiger charge is 2.41. The summed E-state index contributed by atoms with van der Waals surface area (Å²) in [7, 11) is 0. The Balaban J connectivity index is 1.77. The molecule has 0 bridgehead atoms. The Bertz CT molecular complexity index is 534. The molecule has 0 saturated heterocycles. The SMILES string of the molecule is OCC1(CNc2ccc3ccccc3n2)CC1. The molecule has 1 aliphatic carbocycles. The maximum Gasteiger partial charge on any atom is 0.126 e. The number of nitrogens with one attached hydrogen (secondary N) is 1. The zero-order valence-electron chi connectivity index (χ0n) is 9.69. The smallest absolute Gasteiger partial charge is 0.126 e. The molecule has 2 N–H and O–H groups in total. The Labute approximate surface area is 100 Å². The van der Waals surface area contributed by atoms with Crippen LogP contribution < -0.4 is 5.32 Å². The summed E-state index contributed by atoms with van der Waals surface area (Å²) in [6.45, 7) is 1.09. The second-order valence-electron chi connectivity index (χ2n) is 4.90. The van der Waals surface area contributed by atoms with Crippen LogP contribution in [0.15, 0.2) is 36.4 Å². The van der Waals surface area contributed by atoms with Crippen LogP contribution in [-0.4, -0.2) is 23.2 Å². The lowest BCUT2D eigenvalue weighted by molar-refractivity contribution is 0.219. The molecule has 1 heterocycles. The number of nitrogens with zero attached hydrogens (tertiary/aromatic N) is 1. The van der Waals surface area contributed by atoms with Gasteiger partial charge in [-0.15, -0.1) is 0 Å². The van der Waals surface area contributed by atoms with Gasteiger partial charge in [-0.2, -0.15) is 0 Å². The Morgan fingerprint density at radius 1 is 1.18 bits per heavy atom. The largest absolute Gasteiger partial charge is 0.396 e. The predicted molar refractivity (Wildman–Crippen MR) is 69.0 cm³/mol. The Morgan fingerprint density at radius 3 is 2.76 bits per heavy atom. The fraction of sp³-hybridized carbons (Fsp3) is 0.357. The van der Waals surface area contributed by atoms with Crippen molar-refractivity contribution < 1.29 is 5.11 Å². The van der Waals surface area contributed by atoms with Gasteiger partial charge in [0.05, 0.1) is 12.1 Å². The number of hydrogen-bond acceptors (Lipinski definition) is 3. The Hall–Kier alpha value is -1.61. The van der Waals surface area contributed by atoms with Crippen molar-refractivity contribution >= 4 is 16.7 Å². The average Bonchev–Trinajstić information content (AvgIpc) is 3.17. The van der Waals surface area contributed by atoms with Crippen molar-refractivity contribution in [3.63, 3.8) is 0 Å². The second-order valence-corrected chi connectivity index (χ2v) is 4.90. The number of aliphatic hydroxyl groups excluding tert-OH is 1. The normalized spacial score (nSPS) is 17.0. The predicted octanol–water partition coefficient (Wildman–Crippen LogP) is 2.42. The van der Waals surface area contributed by atoms with E-state index in [1.807, 2.05) is 24.3 Å². The fourth-order valence-electron chi connectivity index (χ4n) is 2.01. The lowest BCUT2D eigenvalue weighted by Crippen LogP contribution is -2.19. The number of aromatic nitrogens is 1. The number of hydrogen-bond donors (Lipinski definition) is 2. The minimum atomic E-state index is 0.118. The average molecular weight is 228 g/mol. The molecule has 0 spiro atoms. The van der Waals surface area contributed by atoms with Crippen LogP contribution in [0.3, 0.4) is 0 Å². The summed E-state index contributed by atoms with van der Waals surface area (Å²) in [5.74, 6) is 0.892. The molecule has 0 atom stereocenters. The minimum Gasteiger partial charge on any atom is -0.396 e. The standard InChI is InChI=1S/C14H16N2O/c17-10-14(7-8-14)9-15-13-6-5-11-3-1-2-4-12(11)16-13/h1-6,17H,7-10H2,(H,15,16). The molecule has 0 radical (unpaired) electrons. The molecular formula is C14H16N2O. The van der Waals surface area contributed by atoms with Gasteiger partial charge in [0.15, 0.2) is 0 Å². The maximum absolute atomic E-state index is 9.25. The number of rotatable bonds is 4. The van der Waals surface area contributed by atoms with Gasteiger partial charge in [0, 0.05) is 17.3 Å². The van der Waals surface area contributed by atoms with Crippen molar-refractivity contribution in [1.29, 1.82) is 0 Å². The molecule has 1 aliphatic rings. The lowest BCUT2D eigenvalue weighted by Gasteiger charge is -2.13. The summed E-state index contributed by atoms with van der Waals surface area (Å²) >= 11 is 0. The van der Waals surface area contributed by atoms with Crippen LogP contribution in [0.4, 0.5) is 5.82 Å². The quantitative estimate of drug-likeness (QED) is 0.844. The van der Waals surface area contributed by atoms with Crippen LogP contribution in [0.2, 0.25) is 0 Å². The van der Waals surface area contributed by atoms with Gasteiger partial charge in [0.1, 0.15) is 5.82 Å². The lowest BCUT2D eigenvalue weighted by atomic mass is 10.1. The zero-order valence-corrected chi connectivity index (χ0v) is 9.69. The Kier molecular flexibility index (Phi) is 2.48. The van der Waals surface area contributed by atoms with Gasteiger partial charge >= 0.3 is 0 Å². The van der Waals surface area contributed by atoms with E-state index in [9.17, 15) is 5.11 Å². The first-order valence-electron chi connectivity index (χ1n) is 6.02. The van der Waals surface area contributed by atoms with Crippen LogP contribution in [-0.2, 0) is 0 Å². The van der Waals surface area contributed by atoms with Gasteiger partial charge in [0.25, 0.3) is 0 Å². The molecule has 3 heteroatoms. The highest BCUT2D eigenvalue weighted by atomic mass is 16.3. The summed E-state index contributed by atoms with van der Waals surface area (Å²) in [5.41, 5.74) is 1.12. The molecule has 1 aromatic carbocycles. The molecule has 1 aromatic heterocycles. The first-order chi connectivity index (χ1) is 8.31. The van der Waals surface area contributed by atoms with Crippen molar-refractivity contribution in [2.24, 2.45) is 5.41 Å². The van der Waals surface area contributed by atoms with Crippen LogP contribution in [0.25, 0.3) is 10.9 Å². The topological polar surface area (TPSA) is 45.1 Å². The summed E-state index contributed by atoms with van der Waals surface area (Å²) in [5, 5.41) is 13.7. The third kappa shape index (κ3) is 2.11. The molecule has 88 valence electrons. The fourth-order valence-corrected chi connectivity index (χ4v) is 2.01. The summed E-state index contributed by atoms with van der Waals surface area (Å²) in [6, 6.07) is 12.2. The van der Waals surface area contributed by atoms with Crippen LogP contribution in [0, 0.1) is 5.41 Å². The van der Waals surface area contributed by atoms with Crippen LogP contribution >= 0.6 is 0 Å². The number of para-hydroxylation sites is 1. The second kappa shape index (κ2) is 4.00. The summed E-state index contributed by atoms with van der Waals surface area (Å²) in [4.78, 5) is 4.55. The number of benzene rings is 1. The van der Waals surface area contributed by atoms with Gasteiger partial charge in [-0.1, -0.05) is 18.2 Å². The number of pyridine rings is 1. The Morgan fingerprint density at radius 2 is 2.00 bits per heavy atom. The molecule has 17 heavy (non-hydrogen) atoms. The molecular weight excluding hydrogens is 212 g/mol. The van der Waals surface area contributed by atoms with E-state index >= 15 is 0 Å². The van der Waals surface area contributed by atoms with Crippen LogP contribution in [0.1, 0.15) is 12.8 Å². The van der Waals surface area contributed by atoms with E-state index in [1.165, 1.54) is 0 Å². The first kappa shape index (κ1) is 10.5. The van der Waals surface area contributed by atoms with Crippen molar-refractivity contribution in [3.8, 4) is 0 Å². The van der Waals surface area contributed by atoms with E-state index in [2.05, 4.69) is 22.4 Å². The minimum absolute atomic E-state index is 0.118. The highest BCUT2D eigenvalue weighted by molar-refractivity contribution is 5.80. The third-order valence-electron chi connectivity index (χ3n) is 3.54. The molecule has 2 aromatic rings. The molecule has 3 rings (SSSR count). The van der Waals surface area contributed by atoms with Gasteiger partial charge in [0.2, 0.25) is 0 Å². The zero-order chi connectivity index (χ0) is 11.7. The van der Waals surface area contributed by atoms with Gasteiger partial charge < -0.3 is 10.4 Å². The van der Waals surface area contributed by atoms with Crippen LogP contribution in [0.5, 0.6) is 0 Å². The molecule has 0 aliphatic heterocycles. The summed E-state index contributed by atoms with van der Waals surface area (Å²) in [6.07, 6.45) is 2.23. The van der Waals surface area contributed by atoms with E-state index in [4.69, 9.17) is 0 Å². The van der Waals surface area contributed by atoms with E-state index in [-0.39, 0.29) is 12.0 Å². The van der Waals surface area contributed by atoms with E-state index in [0.29, 0.717) is 0 Å². The van der Waals surface area contributed by atoms with Gasteiger partial charge in [-0.25, -0.2) is 4.98 Å². The molecule has 1 saturated carbocycles. The third-order valence-corrected chi connectivity index (χ3v) is 3.54. The van der Waals surface area contributed by atoms with Crippen molar-refractivity contribution in [1.82, 2.24) is 4.98 Å². The number of aliphatic hydroxyl groups is 1. The first-order valence-corrected chi connectivity index (χ1v) is 6.02. The molecule has 3 nitrogen and oxygen atoms in total. The number of anilines is 1. The highest BCUT2D eigenvalue weighted by Crippen LogP contribution is 2.44. The monoisotopic (exact) mass is 228 g/mol. The van der Waals surface area contributed by atoms with Gasteiger partial charge in [-0.05, 0) is 31.0 Å². The van der Waals surface area contributed by atoms with E-state index in [1.54, 1.807) is 0 Å². The number of fused-ring (bicyclic) bond motifs is 1. The van der Waals surface area contributed by atoms with E-state index in [0.717, 1.165) is 36.1 Å². The van der Waals surface area contributed by atoms with E-state index < -0.39 is 0 Å². The van der Waals surface area contributed by atoms with Crippen molar-refractivity contribution in [2.45, 2.75) is 12.8 Å².